The Morgan fingerprint density at radius 1 is 1.20 bits per heavy atom. The van der Waals surface area contributed by atoms with Crippen molar-refractivity contribution in [3.63, 3.8) is 0 Å². The van der Waals surface area contributed by atoms with E-state index in [-0.39, 0.29) is 12.4 Å². The molecule has 0 spiro atoms. The summed E-state index contributed by atoms with van der Waals surface area (Å²) in [4.78, 5) is 20.1. The molecule has 2 aromatic carbocycles. The second kappa shape index (κ2) is 14.0. The normalized spacial score (nSPS) is 12.9. The van der Waals surface area contributed by atoms with Crippen molar-refractivity contribution >= 4 is 50.6 Å². The van der Waals surface area contributed by atoms with Crippen LogP contribution in [0.25, 0.3) is 20.7 Å². The number of aliphatic hydroxyl groups is 1. The van der Waals surface area contributed by atoms with Gasteiger partial charge in [0, 0.05) is 22.3 Å². The molecule has 1 aliphatic carbocycles. The van der Waals surface area contributed by atoms with Crippen molar-refractivity contribution in [2.45, 2.75) is 58.0 Å². The second-order valence-electron chi connectivity index (χ2n) is 10.5. The van der Waals surface area contributed by atoms with Crippen molar-refractivity contribution in [1.82, 2.24) is 19.7 Å². The van der Waals surface area contributed by atoms with E-state index in [4.69, 9.17) is 31.3 Å². The zero-order valence-corrected chi connectivity index (χ0v) is 25.9. The predicted octanol–water partition coefficient (Wildman–Crippen LogP) is 7.56. The van der Waals surface area contributed by atoms with Crippen LogP contribution in [0, 0.1) is 5.82 Å². The van der Waals surface area contributed by atoms with Crippen LogP contribution in [0.15, 0.2) is 55.0 Å². The molecule has 9 nitrogen and oxygen atoms in total. The Hall–Kier alpha value is -4.27. The minimum atomic E-state index is -5.08. The lowest BCUT2D eigenvalue weighted by molar-refractivity contribution is -0.192. The summed E-state index contributed by atoms with van der Waals surface area (Å²) in [5, 5.41) is 27.0. The number of carbonyl (C=O) groups is 1. The molecule has 46 heavy (non-hydrogen) atoms. The van der Waals surface area contributed by atoms with Crippen molar-refractivity contribution < 1.29 is 37.3 Å². The molecular formula is C31H28ClF4N5O4S. The smallest absolute Gasteiger partial charge is 0.487 e. The average molecular weight is 678 g/mol. The van der Waals surface area contributed by atoms with Gasteiger partial charge in [0.1, 0.15) is 35.1 Å². The van der Waals surface area contributed by atoms with Crippen molar-refractivity contribution in [1.29, 1.82) is 0 Å². The van der Waals surface area contributed by atoms with Crippen molar-refractivity contribution in [3.8, 4) is 16.2 Å². The van der Waals surface area contributed by atoms with Crippen LogP contribution < -0.4 is 10.1 Å². The first kappa shape index (κ1) is 33.1. The third kappa shape index (κ3) is 7.74. The number of alkyl halides is 3. The van der Waals surface area contributed by atoms with Crippen LogP contribution in [0.5, 0.6) is 5.75 Å². The fraction of sp³-hybridized carbons (Fsp3) is 0.290. The summed E-state index contributed by atoms with van der Waals surface area (Å²) in [6.07, 6.45) is 1.49. The standard InChI is InChI=1S/C29H27ClFN5O2S.C2HF3O2/c1-2-4-20(37)13-36-14-22-24(35-36)9-8-21-26-28(32-16-33-29(26)39-27(21)22)34-19-7-10-25(23(30)12-19)38-15-17-5-3-6-18(31)11-17;3-2(4,5)1(6)7/h3,5-7,10-12,14,16,20,37H,2,4,8-9,13,15H2,1H3,(H,32,33,34);(H,6,7)/t20-;/m1./s1. The number of aryl methyl sites for hydroxylation is 2. The molecule has 0 saturated heterocycles. The second-order valence-corrected chi connectivity index (χ2v) is 11.9. The first-order valence-corrected chi connectivity index (χ1v) is 15.4. The number of aromatic nitrogens is 4. The average Bonchev–Trinajstić information content (AvgIpc) is 3.58. The maximum atomic E-state index is 13.5. The zero-order valence-electron chi connectivity index (χ0n) is 24.3. The van der Waals surface area contributed by atoms with Gasteiger partial charge in [0.2, 0.25) is 0 Å². The Kier molecular flexibility index (Phi) is 10.1. The molecule has 15 heteroatoms. The maximum absolute atomic E-state index is 13.5. The molecule has 3 heterocycles. The van der Waals surface area contributed by atoms with Crippen LogP contribution in [-0.2, 0) is 30.8 Å². The summed E-state index contributed by atoms with van der Waals surface area (Å²) < 4.78 is 52.9. The molecular weight excluding hydrogens is 650 g/mol. The first-order chi connectivity index (χ1) is 21.9. The van der Waals surface area contributed by atoms with Gasteiger partial charge in [0.25, 0.3) is 0 Å². The highest BCUT2D eigenvalue weighted by molar-refractivity contribution is 7.22. The number of thiophene rings is 1. The lowest BCUT2D eigenvalue weighted by Crippen LogP contribution is -2.21. The molecule has 3 N–H and O–H groups in total. The molecule has 0 bridgehead atoms. The fourth-order valence-corrected chi connectivity index (χ4v) is 6.43. The van der Waals surface area contributed by atoms with Crippen LogP contribution in [0.1, 0.15) is 36.6 Å². The van der Waals surface area contributed by atoms with E-state index < -0.39 is 18.2 Å². The SMILES string of the molecule is CCC[C@@H](O)Cn1cc2c(n1)CCc1c-2sc2ncnc(Nc3ccc(OCc4cccc(F)c4)c(Cl)c3)c12.O=C(O)C(F)(F)F. The zero-order chi connectivity index (χ0) is 33.0. The number of nitrogens with one attached hydrogen (secondary N) is 1. The summed E-state index contributed by atoms with van der Waals surface area (Å²) in [5.74, 6) is -1.83. The Morgan fingerprint density at radius 2 is 1.98 bits per heavy atom. The van der Waals surface area contributed by atoms with Gasteiger partial charge in [0.05, 0.1) is 28.8 Å². The van der Waals surface area contributed by atoms with E-state index in [2.05, 4.69) is 22.2 Å². The van der Waals surface area contributed by atoms with Crippen LogP contribution >= 0.6 is 22.9 Å². The molecule has 3 aromatic heterocycles. The Bertz CT molecular complexity index is 1860. The molecule has 5 aromatic rings. The van der Waals surface area contributed by atoms with E-state index in [1.54, 1.807) is 41.9 Å². The predicted molar refractivity (Wildman–Crippen MR) is 166 cm³/mol. The number of benzene rings is 2. The number of nitrogens with zero attached hydrogens (tertiary/aromatic N) is 4. The number of halogens is 5. The molecule has 0 radical (unpaired) electrons. The summed E-state index contributed by atoms with van der Waals surface area (Å²) in [7, 11) is 0. The highest BCUT2D eigenvalue weighted by Crippen LogP contribution is 2.45. The van der Waals surface area contributed by atoms with Gasteiger partial charge in [-0.25, -0.2) is 19.2 Å². The van der Waals surface area contributed by atoms with Crippen LogP contribution in [0.4, 0.5) is 29.1 Å². The first-order valence-electron chi connectivity index (χ1n) is 14.2. The number of ether oxygens (including phenoxy) is 1. The van der Waals surface area contributed by atoms with Gasteiger partial charge in [-0.15, -0.1) is 11.3 Å². The van der Waals surface area contributed by atoms with Crippen LogP contribution in [-0.4, -0.2) is 48.2 Å². The largest absolute Gasteiger partial charge is 0.490 e. The summed E-state index contributed by atoms with van der Waals surface area (Å²) in [5.41, 5.74) is 4.87. The third-order valence-corrected chi connectivity index (χ3v) is 8.49. The van der Waals surface area contributed by atoms with Gasteiger partial charge in [-0.3, -0.25) is 4.68 Å². The van der Waals surface area contributed by atoms with E-state index >= 15 is 0 Å². The molecule has 0 aliphatic heterocycles. The minimum Gasteiger partial charge on any atom is -0.487 e. The van der Waals surface area contributed by atoms with E-state index in [9.17, 15) is 22.7 Å². The Balaban J connectivity index is 0.000000537. The van der Waals surface area contributed by atoms with E-state index in [0.717, 1.165) is 69.1 Å². The van der Waals surface area contributed by atoms with Crippen molar-refractivity contribution in [3.05, 3.63) is 82.6 Å². The third-order valence-electron chi connectivity index (χ3n) is 7.02. The van der Waals surface area contributed by atoms with Gasteiger partial charge >= 0.3 is 12.1 Å². The van der Waals surface area contributed by atoms with Crippen molar-refractivity contribution in [2.75, 3.05) is 5.32 Å². The molecule has 1 aliphatic rings. The van der Waals surface area contributed by atoms with E-state index in [0.29, 0.717) is 17.3 Å². The Labute approximate surface area is 269 Å². The molecule has 0 unspecified atom stereocenters. The summed E-state index contributed by atoms with van der Waals surface area (Å²) >= 11 is 8.16. The number of rotatable bonds is 9. The van der Waals surface area contributed by atoms with Crippen LogP contribution in [0.2, 0.25) is 5.02 Å². The number of aliphatic hydroxyl groups excluding tert-OH is 1. The topological polar surface area (TPSA) is 122 Å². The fourth-order valence-electron chi connectivity index (χ4n) is 4.97. The number of anilines is 2. The van der Waals surface area contributed by atoms with Gasteiger partial charge in [-0.2, -0.15) is 18.3 Å². The Morgan fingerprint density at radius 3 is 2.67 bits per heavy atom. The lowest BCUT2D eigenvalue weighted by atomic mass is 9.95. The van der Waals surface area contributed by atoms with Gasteiger partial charge in [-0.1, -0.05) is 37.1 Å². The number of hydrogen-bond donors (Lipinski definition) is 3. The van der Waals surface area contributed by atoms with E-state index in [1.165, 1.54) is 17.7 Å². The highest BCUT2D eigenvalue weighted by Gasteiger charge is 2.38. The highest BCUT2D eigenvalue weighted by atomic mass is 35.5. The number of carboxylic acid groups (broad SMARTS) is 1. The lowest BCUT2D eigenvalue weighted by Gasteiger charge is -2.13. The molecule has 6 rings (SSSR count). The van der Waals surface area contributed by atoms with Gasteiger partial charge in [0.15, 0.2) is 0 Å². The summed E-state index contributed by atoms with van der Waals surface area (Å²) in [6, 6.07) is 11.8. The molecule has 1 atom stereocenters. The maximum Gasteiger partial charge on any atom is 0.490 e. The molecule has 0 fully saturated rings. The summed E-state index contributed by atoms with van der Waals surface area (Å²) in [6.45, 7) is 2.78. The molecule has 242 valence electrons. The number of carboxylic acids is 1. The quantitative estimate of drug-likeness (QED) is 0.137. The van der Waals surface area contributed by atoms with Gasteiger partial charge in [-0.05, 0) is 60.7 Å². The molecule has 0 amide bonds. The number of fused-ring (bicyclic) bond motifs is 5. The number of hydrogen-bond acceptors (Lipinski definition) is 8. The minimum absolute atomic E-state index is 0.216. The van der Waals surface area contributed by atoms with Crippen molar-refractivity contribution in [2.24, 2.45) is 0 Å². The van der Waals surface area contributed by atoms with Crippen LogP contribution in [0.3, 0.4) is 0 Å². The monoisotopic (exact) mass is 677 g/mol. The number of aliphatic carboxylic acids is 1. The van der Waals surface area contributed by atoms with E-state index in [1.807, 2.05) is 16.9 Å². The van der Waals surface area contributed by atoms with Gasteiger partial charge < -0.3 is 20.3 Å². The molecule has 0 saturated carbocycles.